The average molecular weight is 174 g/mol. The van der Waals surface area contributed by atoms with Crippen molar-refractivity contribution in [2.45, 2.75) is 25.3 Å². The molecule has 0 heterocycles. The van der Waals surface area contributed by atoms with Gasteiger partial charge >= 0.3 is 0 Å². The first-order chi connectivity index (χ1) is 5.27. The van der Waals surface area contributed by atoms with Crippen LogP contribution in [-0.4, -0.2) is 19.4 Å². The maximum Gasteiger partial charge on any atom is 0.147 e. The van der Waals surface area contributed by atoms with Gasteiger partial charge in [0.25, 0.3) is 0 Å². The monoisotopic (exact) mass is 173 g/mol. The van der Waals surface area contributed by atoms with Crippen LogP contribution in [0, 0.1) is 0 Å². The lowest BCUT2D eigenvalue weighted by Crippen LogP contribution is -2.28. The third-order valence-corrected chi connectivity index (χ3v) is 2.51. The number of halogens is 1. The number of carbonyl (C=O) groups excluding carboxylic acids is 1. The smallest absolute Gasteiger partial charge is 0.147 e. The maximum absolute atomic E-state index is 10.5. The van der Waals surface area contributed by atoms with Crippen molar-refractivity contribution in [3.63, 3.8) is 0 Å². The average Bonchev–Trinajstić information content (AvgIpc) is 2.05. The van der Waals surface area contributed by atoms with Gasteiger partial charge in [0.2, 0.25) is 0 Å². The summed E-state index contributed by atoms with van der Waals surface area (Å²) in [5.74, 6) is 0. The number of rotatable bonds is 2. The van der Waals surface area contributed by atoms with Crippen LogP contribution < -0.4 is 5.32 Å². The van der Waals surface area contributed by atoms with Crippen molar-refractivity contribution in [3.8, 4) is 0 Å². The second kappa shape index (κ2) is 3.88. The molecular formula is C8H12ClNO. The predicted octanol–water partition coefficient (Wildman–Crippen LogP) is 1.45. The molecular weight excluding hydrogens is 162 g/mol. The SMILES string of the molecule is CNC1CCC(Cl)=C(C=O)C1. The summed E-state index contributed by atoms with van der Waals surface area (Å²) in [6.45, 7) is 0. The molecule has 0 saturated carbocycles. The van der Waals surface area contributed by atoms with E-state index < -0.39 is 0 Å². The molecule has 0 bridgehead atoms. The summed E-state index contributed by atoms with van der Waals surface area (Å²) in [7, 11) is 1.91. The van der Waals surface area contributed by atoms with Crippen LogP contribution in [0.25, 0.3) is 0 Å². The third-order valence-electron chi connectivity index (χ3n) is 2.08. The minimum atomic E-state index is 0.428. The zero-order chi connectivity index (χ0) is 8.27. The molecule has 0 aromatic rings. The molecule has 1 rings (SSSR count). The maximum atomic E-state index is 10.5. The van der Waals surface area contributed by atoms with E-state index in [-0.39, 0.29) is 0 Å². The third kappa shape index (κ3) is 2.04. The highest BCUT2D eigenvalue weighted by atomic mass is 35.5. The van der Waals surface area contributed by atoms with Crippen molar-refractivity contribution in [1.29, 1.82) is 0 Å². The standard InChI is InChI=1S/C8H12ClNO/c1-10-7-2-3-8(9)6(4-7)5-11/h5,7,10H,2-4H2,1H3. The number of carbonyl (C=O) groups is 1. The fraction of sp³-hybridized carbons (Fsp3) is 0.625. The number of nitrogens with one attached hydrogen (secondary N) is 1. The van der Waals surface area contributed by atoms with Crippen LogP contribution in [-0.2, 0) is 4.79 Å². The molecule has 0 aromatic carbocycles. The van der Waals surface area contributed by atoms with Crippen LogP contribution in [0.2, 0.25) is 0 Å². The summed E-state index contributed by atoms with van der Waals surface area (Å²) in [5, 5.41) is 3.88. The highest BCUT2D eigenvalue weighted by Gasteiger charge is 2.17. The van der Waals surface area contributed by atoms with E-state index in [2.05, 4.69) is 5.32 Å². The molecule has 62 valence electrons. The van der Waals surface area contributed by atoms with Crippen molar-refractivity contribution in [2.75, 3.05) is 7.05 Å². The van der Waals surface area contributed by atoms with Gasteiger partial charge in [0.05, 0.1) is 0 Å². The van der Waals surface area contributed by atoms with Gasteiger partial charge in [-0.25, -0.2) is 0 Å². The van der Waals surface area contributed by atoms with Crippen LogP contribution >= 0.6 is 11.6 Å². The van der Waals surface area contributed by atoms with Gasteiger partial charge in [0.1, 0.15) is 6.29 Å². The van der Waals surface area contributed by atoms with Crippen molar-refractivity contribution < 1.29 is 4.79 Å². The second-order valence-electron chi connectivity index (χ2n) is 2.78. The molecule has 1 atom stereocenters. The first-order valence-corrected chi connectivity index (χ1v) is 4.15. The Morgan fingerprint density at radius 2 is 2.45 bits per heavy atom. The number of hydrogen-bond acceptors (Lipinski definition) is 2. The van der Waals surface area contributed by atoms with E-state index in [1.807, 2.05) is 7.05 Å². The van der Waals surface area contributed by atoms with E-state index in [0.29, 0.717) is 6.04 Å². The summed E-state index contributed by atoms with van der Waals surface area (Å²) in [6.07, 6.45) is 3.51. The fourth-order valence-electron chi connectivity index (χ4n) is 1.30. The molecule has 1 unspecified atom stereocenters. The minimum absolute atomic E-state index is 0.428. The van der Waals surface area contributed by atoms with E-state index in [1.165, 1.54) is 0 Å². The van der Waals surface area contributed by atoms with Gasteiger partial charge in [0.15, 0.2) is 0 Å². The van der Waals surface area contributed by atoms with E-state index in [4.69, 9.17) is 11.6 Å². The lowest BCUT2D eigenvalue weighted by Gasteiger charge is -2.21. The summed E-state index contributed by atoms with van der Waals surface area (Å²) in [6, 6.07) is 0.428. The Morgan fingerprint density at radius 3 is 3.00 bits per heavy atom. The summed E-state index contributed by atoms with van der Waals surface area (Å²) >= 11 is 5.83. The van der Waals surface area contributed by atoms with Crippen LogP contribution in [0.1, 0.15) is 19.3 Å². The van der Waals surface area contributed by atoms with Crippen LogP contribution in [0.3, 0.4) is 0 Å². The number of allylic oxidation sites excluding steroid dienone is 1. The molecule has 0 radical (unpaired) electrons. The molecule has 1 aliphatic rings. The van der Waals surface area contributed by atoms with Crippen LogP contribution in [0.4, 0.5) is 0 Å². The lowest BCUT2D eigenvalue weighted by atomic mass is 9.95. The van der Waals surface area contributed by atoms with E-state index in [9.17, 15) is 4.79 Å². The highest BCUT2D eigenvalue weighted by molar-refractivity contribution is 6.31. The molecule has 0 amide bonds. The zero-order valence-electron chi connectivity index (χ0n) is 6.56. The molecule has 0 spiro atoms. The first-order valence-electron chi connectivity index (χ1n) is 3.78. The van der Waals surface area contributed by atoms with E-state index in [1.54, 1.807) is 0 Å². The van der Waals surface area contributed by atoms with Gasteiger partial charge in [-0.15, -0.1) is 0 Å². The normalized spacial score (nSPS) is 25.5. The topological polar surface area (TPSA) is 29.1 Å². The van der Waals surface area contributed by atoms with Gasteiger partial charge in [0, 0.05) is 16.6 Å². The van der Waals surface area contributed by atoms with Crippen molar-refractivity contribution in [3.05, 3.63) is 10.6 Å². The Labute approximate surface area is 71.6 Å². The van der Waals surface area contributed by atoms with Crippen molar-refractivity contribution in [2.24, 2.45) is 0 Å². The number of hydrogen-bond donors (Lipinski definition) is 1. The Bertz CT molecular complexity index is 189. The molecule has 0 aromatic heterocycles. The Balaban J connectivity index is 2.65. The number of aldehydes is 1. The van der Waals surface area contributed by atoms with E-state index >= 15 is 0 Å². The molecule has 0 aliphatic heterocycles. The molecule has 11 heavy (non-hydrogen) atoms. The summed E-state index contributed by atoms with van der Waals surface area (Å²) in [5.41, 5.74) is 0.761. The van der Waals surface area contributed by atoms with Gasteiger partial charge in [-0.3, -0.25) is 4.79 Å². The molecule has 0 saturated heterocycles. The zero-order valence-corrected chi connectivity index (χ0v) is 7.32. The molecule has 0 fully saturated rings. The van der Waals surface area contributed by atoms with Crippen molar-refractivity contribution in [1.82, 2.24) is 5.32 Å². The lowest BCUT2D eigenvalue weighted by molar-refractivity contribution is -0.105. The van der Waals surface area contributed by atoms with Crippen LogP contribution in [0.15, 0.2) is 10.6 Å². The highest BCUT2D eigenvalue weighted by Crippen LogP contribution is 2.26. The fourth-order valence-corrected chi connectivity index (χ4v) is 1.53. The van der Waals surface area contributed by atoms with Crippen LogP contribution in [0.5, 0.6) is 0 Å². The molecule has 1 N–H and O–H groups in total. The minimum Gasteiger partial charge on any atom is -0.317 e. The van der Waals surface area contributed by atoms with Gasteiger partial charge in [-0.05, 0) is 26.3 Å². The largest absolute Gasteiger partial charge is 0.317 e. The van der Waals surface area contributed by atoms with Gasteiger partial charge in [-0.2, -0.15) is 0 Å². The first kappa shape index (κ1) is 8.75. The summed E-state index contributed by atoms with van der Waals surface area (Å²) in [4.78, 5) is 10.5. The second-order valence-corrected chi connectivity index (χ2v) is 3.23. The van der Waals surface area contributed by atoms with Gasteiger partial charge < -0.3 is 5.32 Å². The molecule has 1 aliphatic carbocycles. The summed E-state index contributed by atoms with van der Waals surface area (Å²) < 4.78 is 0. The molecule has 3 heteroatoms. The Kier molecular flexibility index (Phi) is 3.09. The Morgan fingerprint density at radius 1 is 1.73 bits per heavy atom. The van der Waals surface area contributed by atoms with Gasteiger partial charge in [-0.1, -0.05) is 11.6 Å². The van der Waals surface area contributed by atoms with Crippen molar-refractivity contribution >= 4 is 17.9 Å². The quantitative estimate of drug-likeness (QED) is 0.641. The Hall–Kier alpha value is -0.340. The van der Waals surface area contributed by atoms with E-state index in [0.717, 1.165) is 36.2 Å². The predicted molar refractivity (Wildman–Crippen MR) is 45.6 cm³/mol. The molecule has 2 nitrogen and oxygen atoms in total.